The van der Waals surface area contributed by atoms with Crippen molar-refractivity contribution in [2.24, 2.45) is 0 Å². The number of carbonyl (C=O) groups is 3. The van der Waals surface area contributed by atoms with Gasteiger partial charge in [-0.05, 0) is 49.5 Å². The summed E-state index contributed by atoms with van der Waals surface area (Å²) in [5.74, 6) is -0.274. The summed E-state index contributed by atoms with van der Waals surface area (Å²) < 4.78 is 5.66. The molecule has 166 valence electrons. The summed E-state index contributed by atoms with van der Waals surface area (Å²) in [7, 11) is 0. The highest BCUT2D eigenvalue weighted by Gasteiger charge is 2.55. The van der Waals surface area contributed by atoms with Crippen LogP contribution in [0.4, 0.5) is 0 Å². The zero-order valence-electron chi connectivity index (χ0n) is 17.8. The first kappa shape index (κ1) is 21.7. The van der Waals surface area contributed by atoms with Gasteiger partial charge in [-0.3, -0.25) is 14.5 Å². The van der Waals surface area contributed by atoms with E-state index in [0.717, 1.165) is 43.4 Å². The fourth-order valence-corrected chi connectivity index (χ4v) is 6.06. The number of nitrogens with one attached hydrogen (secondary N) is 1. The second kappa shape index (κ2) is 8.57. The normalized spacial score (nSPS) is 24.5. The molecule has 3 aliphatic rings. The summed E-state index contributed by atoms with van der Waals surface area (Å²) in [6.07, 6.45) is 4.30. The quantitative estimate of drug-likeness (QED) is 0.628. The Hall–Kier alpha value is -2.48. The van der Waals surface area contributed by atoms with Crippen molar-refractivity contribution in [2.45, 2.75) is 62.8 Å². The summed E-state index contributed by atoms with van der Waals surface area (Å²) in [6.45, 7) is 4.43. The largest absolute Gasteiger partial charge is 0.494 e. The van der Waals surface area contributed by atoms with Gasteiger partial charge in [0, 0.05) is 5.75 Å². The lowest BCUT2D eigenvalue weighted by Gasteiger charge is -2.50. The van der Waals surface area contributed by atoms with E-state index in [-0.39, 0.29) is 22.9 Å². The fourth-order valence-electron chi connectivity index (χ4n) is 4.77. The lowest BCUT2D eigenvalue weighted by atomic mass is 9.77. The summed E-state index contributed by atoms with van der Waals surface area (Å²) in [5, 5.41) is 12.1. The second-order valence-electron chi connectivity index (χ2n) is 8.46. The highest BCUT2D eigenvalue weighted by atomic mass is 32.2. The van der Waals surface area contributed by atoms with Crippen LogP contribution in [0, 0.1) is 0 Å². The number of carboxylic acid groups (broad SMARTS) is 1. The van der Waals surface area contributed by atoms with Gasteiger partial charge in [-0.25, -0.2) is 4.79 Å². The number of aliphatic carboxylic acids is 1. The van der Waals surface area contributed by atoms with Crippen LogP contribution < -0.4 is 10.1 Å². The molecular formula is C23H28N2O5S. The molecular weight excluding hydrogens is 416 g/mol. The van der Waals surface area contributed by atoms with Crippen molar-refractivity contribution in [1.82, 2.24) is 10.2 Å². The van der Waals surface area contributed by atoms with Gasteiger partial charge in [-0.1, -0.05) is 31.9 Å². The minimum Gasteiger partial charge on any atom is -0.494 e. The van der Waals surface area contributed by atoms with Crippen molar-refractivity contribution >= 4 is 29.5 Å². The van der Waals surface area contributed by atoms with Crippen molar-refractivity contribution < 1.29 is 24.2 Å². The van der Waals surface area contributed by atoms with Gasteiger partial charge < -0.3 is 15.2 Å². The van der Waals surface area contributed by atoms with E-state index in [1.165, 1.54) is 16.7 Å². The minimum absolute atomic E-state index is 0.0532. The average Bonchev–Trinajstić information content (AvgIpc) is 3.27. The third kappa shape index (κ3) is 3.71. The molecule has 0 bridgehead atoms. The Morgan fingerprint density at radius 3 is 2.55 bits per heavy atom. The topological polar surface area (TPSA) is 95.9 Å². The number of carbonyl (C=O) groups excluding carboxylic acids is 2. The van der Waals surface area contributed by atoms with Crippen LogP contribution in [0.25, 0.3) is 0 Å². The Bertz CT molecular complexity index is 920. The Morgan fingerprint density at radius 1 is 1.26 bits per heavy atom. The molecule has 0 unspecified atom stereocenters. The molecule has 2 atom stereocenters. The molecule has 2 N–H and O–H groups in total. The zero-order chi connectivity index (χ0) is 22.2. The predicted octanol–water partition coefficient (Wildman–Crippen LogP) is 3.05. The van der Waals surface area contributed by atoms with Crippen LogP contribution in [0.3, 0.4) is 0 Å². The van der Waals surface area contributed by atoms with Crippen molar-refractivity contribution in [3.63, 3.8) is 0 Å². The van der Waals surface area contributed by atoms with Crippen LogP contribution in [-0.2, 0) is 19.8 Å². The highest BCUT2D eigenvalue weighted by molar-refractivity contribution is 8.00. The maximum atomic E-state index is 13.5. The summed E-state index contributed by atoms with van der Waals surface area (Å²) in [6, 6.07) is 7.02. The van der Waals surface area contributed by atoms with Gasteiger partial charge in [-0.2, -0.15) is 0 Å². The van der Waals surface area contributed by atoms with Crippen LogP contribution in [-0.4, -0.2) is 51.6 Å². The standard InChI is InChI=1S/C23H28N2O5S/c1-3-12-30-16-8-6-15(7-9-16)23(10-4-5-11-23)22(29)24-17-19(26)25-18(21(27)28)14(2)13-31-20(17)25/h6-9,17,20H,3-5,10-13H2,1-2H3,(H,24,29)(H,27,28)/t17-,20-/m1/s1. The molecule has 1 saturated carbocycles. The third-order valence-electron chi connectivity index (χ3n) is 6.42. The third-order valence-corrected chi connectivity index (χ3v) is 7.84. The van der Waals surface area contributed by atoms with E-state index in [2.05, 4.69) is 12.2 Å². The van der Waals surface area contributed by atoms with Gasteiger partial charge in [-0.15, -0.1) is 11.8 Å². The number of amides is 2. The number of ether oxygens (including phenoxy) is 1. The summed E-state index contributed by atoms with van der Waals surface area (Å²) in [5.41, 5.74) is 1.00. The SMILES string of the molecule is CCCOc1ccc(C2(C(=O)N[C@@H]3C(=O)N4C(C(=O)O)=C(C)CS[C@H]34)CCCC2)cc1. The van der Waals surface area contributed by atoms with Crippen LogP contribution >= 0.6 is 11.8 Å². The van der Waals surface area contributed by atoms with E-state index < -0.39 is 17.4 Å². The number of nitrogens with zero attached hydrogens (tertiary/aromatic N) is 1. The van der Waals surface area contributed by atoms with Crippen LogP contribution in [0.1, 0.15) is 51.5 Å². The van der Waals surface area contributed by atoms with Gasteiger partial charge in [0.1, 0.15) is 22.9 Å². The Labute approximate surface area is 186 Å². The first-order valence-corrected chi connectivity index (χ1v) is 11.9. The average molecular weight is 445 g/mol. The smallest absolute Gasteiger partial charge is 0.352 e. The van der Waals surface area contributed by atoms with E-state index >= 15 is 0 Å². The van der Waals surface area contributed by atoms with Gasteiger partial charge in [0.2, 0.25) is 5.91 Å². The number of thioether (sulfide) groups is 1. The Balaban J connectivity index is 1.52. The first-order chi connectivity index (χ1) is 14.9. The molecule has 0 radical (unpaired) electrons. The molecule has 2 heterocycles. The molecule has 1 aromatic carbocycles. The van der Waals surface area contributed by atoms with Crippen molar-refractivity contribution in [2.75, 3.05) is 12.4 Å². The van der Waals surface area contributed by atoms with Gasteiger partial charge in [0.15, 0.2) is 0 Å². The van der Waals surface area contributed by atoms with Crippen molar-refractivity contribution in [3.05, 3.63) is 41.1 Å². The number of benzene rings is 1. The highest BCUT2D eigenvalue weighted by Crippen LogP contribution is 2.44. The van der Waals surface area contributed by atoms with Crippen molar-refractivity contribution in [3.8, 4) is 5.75 Å². The molecule has 0 spiro atoms. The molecule has 4 rings (SSSR count). The molecule has 31 heavy (non-hydrogen) atoms. The maximum absolute atomic E-state index is 13.5. The van der Waals surface area contributed by atoms with Gasteiger partial charge in [0.25, 0.3) is 5.91 Å². The molecule has 2 amide bonds. The number of hydrogen-bond donors (Lipinski definition) is 2. The molecule has 2 aliphatic heterocycles. The van der Waals surface area contributed by atoms with Crippen LogP contribution in [0.15, 0.2) is 35.5 Å². The predicted molar refractivity (Wildman–Crippen MR) is 118 cm³/mol. The molecule has 8 heteroatoms. The zero-order valence-corrected chi connectivity index (χ0v) is 18.7. The minimum atomic E-state index is -1.10. The fraction of sp³-hybridized carbons (Fsp3) is 0.522. The monoisotopic (exact) mass is 444 g/mol. The Kier molecular flexibility index (Phi) is 6.01. The number of fused-ring (bicyclic) bond motifs is 1. The van der Waals surface area contributed by atoms with Crippen LogP contribution in [0.2, 0.25) is 0 Å². The van der Waals surface area contributed by atoms with Crippen LogP contribution in [0.5, 0.6) is 5.75 Å². The van der Waals surface area contributed by atoms with E-state index in [0.29, 0.717) is 17.9 Å². The molecule has 1 saturated heterocycles. The number of carboxylic acids is 1. The van der Waals surface area contributed by atoms with E-state index in [1.807, 2.05) is 24.3 Å². The Morgan fingerprint density at radius 2 is 1.94 bits per heavy atom. The molecule has 2 fully saturated rings. The molecule has 7 nitrogen and oxygen atoms in total. The van der Waals surface area contributed by atoms with E-state index in [9.17, 15) is 19.5 Å². The number of rotatable bonds is 7. The number of hydrogen-bond acceptors (Lipinski definition) is 5. The second-order valence-corrected chi connectivity index (χ2v) is 9.56. The number of β-lactam (4-membered cyclic amide) rings is 1. The summed E-state index contributed by atoms with van der Waals surface area (Å²) >= 11 is 1.50. The van der Waals surface area contributed by atoms with Gasteiger partial charge in [0.05, 0.1) is 12.0 Å². The van der Waals surface area contributed by atoms with E-state index in [4.69, 9.17) is 4.74 Å². The molecule has 1 aromatic rings. The van der Waals surface area contributed by atoms with Crippen molar-refractivity contribution in [1.29, 1.82) is 0 Å². The first-order valence-electron chi connectivity index (χ1n) is 10.8. The lowest BCUT2D eigenvalue weighted by Crippen LogP contribution is -2.71. The summed E-state index contributed by atoms with van der Waals surface area (Å²) in [4.78, 5) is 39.2. The molecule has 1 aliphatic carbocycles. The maximum Gasteiger partial charge on any atom is 0.352 e. The molecule has 0 aromatic heterocycles. The lowest BCUT2D eigenvalue weighted by molar-refractivity contribution is -0.151. The van der Waals surface area contributed by atoms with Gasteiger partial charge >= 0.3 is 5.97 Å². The van der Waals surface area contributed by atoms with E-state index in [1.54, 1.807) is 6.92 Å².